The Labute approximate surface area is 63.1 Å². The molecule has 1 nitrogen and oxygen atoms in total. The molecule has 0 aliphatic rings. The molecule has 0 aromatic rings. The molecule has 0 aliphatic heterocycles. The fraction of sp³-hybridized carbons (Fsp3) is 0.667. The number of allylic oxidation sites excluding steroid dienone is 2. The van der Waals surface area contributed by atoms with Crippen molar-refractivity contribution in [3.63, 3.8) is 0 Å². The van der Waals surface area contributed by atoms with Crippen LogP contribution in [0.4, 0.5) is 0 Å². The van der Waals surface area contributed by atoms with E-state index in [-0.39, 0.29) is 5.78 Å². The lowest BCUT2D eigenvalue weighted by atomic mass is 10.0. The summed E-state index contributed by atoms with van der Waals surface area (Å²) >= 11 is 0. The van der Waals surface area contributed by atoms with Gasteiger partial charge in [0.15, 0.2) is 0 Å². The van der Waals surface area contributed by atoms with E-state index in [1.807, 2.05) is 6.92 Å². The summed E-state index contributed by atoms with van der Waals surface area (Å²) in [4.78, 5) is 10.6. The molecule has 1 heteroatoms. The minimum atomic E-state index is 0.255. The van der Waals surface area contributed by atoms with Gasteiger partial charge in [-0.15, -0.1) is 0 Å². The average molecular weight is 140 g/mol. The number of carbonyl (C=O) groups excluding carboxylic acids is 1. The maximum atomic E-state index is 10.6. The summed E-state index contributed by atoms with van der Waals surface area (Å²) < 4.78 is 0. The Hall–Kier alpha value is -0.590. The Balaban J connectivity index is 4.04. The van der Waals surface area contributed by atoms with Crippen LogP contribution in [0.1, 0.15) is 40.5 Å². The van der Waals surface area contributed by atoms with Crippen LogP contribution in [0.3, 0.4) is 0 Å². The number of carbonyl (C=O) groups is 1. The van der Waals surface area contributed by atoms with Gasteiger partial charge in [-0.1, -0.05) is 18.1 Å². The molecule has 0 aromatic heterocycles. The Bertz CT molecular complexity index is 154. The van der Waals surface area contributed by atoms with Gasteiger partial charge >= 0.3 is 0 Å². The van der Waals surface area contributed by atoms with Gasteiger partial charge in [-0.2, -0.15) is 0 Å². The van der Waals surface area contributed by atoms with Gasteiger partial charge in [0.2, 0.25) is 0 Å². The van der Waals surface area contributed by atoms with E-state index in [9.17, 15) is 4.79 Å². The van der Waals surface area contributed by atoms with E-state index < -0.39 is 0 Å². The van der Waals surface area contributed by atoms with Gasteiger partial charge < -0.3 is 0 Å². The first-order chi connectivity index (χ1) is 4.57. The van der Waals surface area contributed by atoms with Gasteiger partial charge in [-0.05, 0) is 27.2 Å². The largest absolute Gasteiger partial charge is 0.300 e. The smallest absolute Gasteiger partial charge is 0.133 e. The molecule has 0 N–H and O–H groups in total. The van der Waals surface area contributed by atoms with E-state index in [2.05, 4.69) is 13.8 Å². The summed E-state index contributed by atoms with van der Waals surface area (Å²) in [5.74, 6) is 0.255. The molecule has 0 spiro atoms. The molecular weight excluding hydrogens is 124 g/mol. The number of ketones is 1. The minimum absolute atomic E-state index is 0.255. The Morgan fingerprint density at radius 2 is 1.60 bits per heavy atom. The zero-order chi connectivity index (χ0) is 8.15. The summed E-state index contributed by atoms with van der Waals surface area (Å²) in [6.07, 6.45) is 1.68. The van der Waals surface area contributed by atoms with E-state index in [4.69, 9.17) is 0 Å². The lowest BCUT2D eigenvalue weighted by Crippen LogP contribution is -1.92. The van der Waals surface area contributed by atoms with Crippen molar-refractivity contribution in [3.05, 3.63) is 11.1 Å². The fourth-order valence-corrected chi connectivity index (χ4v) is 0.826. The molecular formula is C9H16O. The van der Waals surface area contributed by atoms with Gasteiger partial charge in [0.05, 0.1) is 0 Å². The van der Waals surface area contributed by atoms with Crippen LogP contribution in [0.5, 0.6) is 0 Å². The van der Waals surface area contributed by atoms with Crippen molar-refractivity contribution >= 4 is 5.78 Å². The zero-order valence-corrected chi connectivity index (χ0v) is 7.32. The normalized spacial score (nSPS) is 12.8. The molecule has 0 rings (SSSR count). The summed E-state index contributed by atoms with van der Waals surface area (Å²) in [6.45, 7) is 7.85. The summed E-state index contributed by atoms with van der Waals surface area (Å²) in [5, 5.41) is 0. The van der Waals surface area contributed by atoms with E-state index in [0.717, 1.165) is 6.42 Å². The number of Topliss-reactive ketones (excluding diaryl/α,β-unsaturated/α-hetero) is 1. The molecule has 0 atom stereocenters. The molecule has 58 valence electrons. The molecule has 10 heavy (non-hydrogen) atoms. The maximum Gasteiger partial charge on any atom is 0.133 e. The van der Waals surface area contributed by atoms with Crippen LogP contribution in [0.25, 0.3) is 0 Å². The molecule has 0 amide bonds. The monoisotopic (exact) mass is 140 g/mol. The van der Waals surface area contributed by atoms with Crippen LogP contribution in [0, 0.1) is 0 Å². The zero-order valence-electron chi connectivity index (χ0n) is 7.32. The molecule has 0 fully saturated rings. The first kappa shape index (κ1) is 9.41. The van der Waals surface area contributed by atoms with Crippen molar-refractivity contribution in [1.29, 1.82) is 0 Å². The second kappa shape index (κ2) is 4.26. The molecule has 0 saturated heterocycles. The first-order valence-electron chi connectivity index (χ1n) is 3.72. The standard InChI is InChI=1S/C9H16O/c1-5-7(2)8(3)6-9(4)10/h5-6H2,1-4H3. The van der Waals surface area contributed by atoms with Crippen molar-refractivity contribution in [1.82, 2.24) is 0 Å². The predicted molar refractivity (Wildman–Crippen MR) is 44.0 cm³/mol. The van der Waals surface area contributed by atoms with Crippen LogP contribution in [0.15, 0.2) is 11.1 Å². The van der Waals surface area contributed by atoms with Crippen molar-refractivity contribution < 1.29 is 4.79 Å². The van der Waals surface area contributed by atoms with Gasteiger partial charge in [0.25, 0.3) is 0 Å². The van der Waals surface area contributed by atoms with E-state index in [0.29, 0.717) is 6.42 Å². The summed E-state index contributed by atoms with van der Waals surface area (Å²) in [7, 11) is 0. The summed E-state index contributed by atoms with van der Waals surface area (Å²) in [5.41, 5.74) is 2.57. The highest BCUT2D eigenvalue weighted by Gasteiger charge is 1.97. The molecule has 0 saturated carbocycles. The van der Waals surface area contributed by atoms with Crippen LogP contribution in [-0.2, 0) is 4.79 Å². The third kappa shape index (κ3) is 3.44. The van der Waals surface area contributed by atoms with Gasteiger partial charge in [0.1, 0.15) is 5.78 Å². The lowest BCUT2D eigenvalue weighted by Gasteiger charge is -2.01. The maximum absolute atomic E-state index is 10.6. The molecule has 0 unspecified atom stereocenters. The first-order valence-corrected chi connectivity index (χ1v) is 3.72. The topological polar surface area (TPSA) is 17.1 Å². The van der Waals surface area contributed by atoms with E-state index in [1.54, 1.807) is 6.92 Å². The minimum Gasteiger partial charge on any atom is -0.300 e. The Morgan fingerprint density at radius 1 is 1.10 bits per heavy atom. The second-order valence-corrected chi connectivity index (χ2v) is 2.79. The Morgan fingerprint density at radius 3 is 1.90 bits per heavy atom. The van der Waals surface area contributed by atoms with Gasteiger partial charge in [-0.25, -0.2) is 0 Å². The lowest BCUT2D eigenvalue weighted by molar-refractivity contribution is -0.116. The molecule has 0 aromatic carbocycles. The van der Waals surface area contributed by atoms with Crippen LogP contribution in [-0.4, -0.2) is 5.78 Å². The molecule has 0 heterocycles. The van der Waals surface area contributed by atoms with Crippen LogP contribution >= 0.6 is 0 Å². The number of hydrogen-bond acceptors (Lipinski definition) is 1. The van der Waals surface area contributed by atoms with Crippen LogP contribution < -0.4 is 0 Å². The second-order valence-electron chi connectivity index (χ2n) is 2.79. The van der Waals surface area contributed by atoms with E-state index in [1.165, 1.54) is 11.1 Å². The van der Waals surface area contributed by atoms with Gasteiger partial charge in [0, 0.05) is 6.42 Å². The molecule has 0 bridgehead atoms. The molecule has 0 aliphatic carbocycles. The average Bonchev–Trinajstić information content (AvgIpc) is 1.85. The van der Waals surface area contributed by atoms with Crippen molar-refractivity contribution in [2.45, 2.75) is 40.5 Å². The van der Waals surface area contributed by atoms with Crippen LogP contribution in [0.2, 0.25) is 0 Å². The Kier molecular flexibility index (Phi) is 4.01. The molecule has 0 radical (unpaired) electrons. The SMILES string of the molecule is CCC(C)=C(C)CC(C)=O. The highest BCUT2D eigenvalue weighted by molar-refractivity contribution is 5.78. The number of rotatable bonds is 3. The summed E-state index contributed by atoms with van der Waals surface area (Å²) in [6, 6.07) is 0. The third-order valence-corrected chi connectivity index (χ3v) is 1.77. The van der Waals surface area contributed by atoms with Gasteiger partial charge in [-0.3, -0.25) is 4.79 Å². The van der Waals surface area contributed by atoms with E-state index >= 15 is 0 Å². The number of hydrogen-bond donors (Lipinski definition) is 0. The van der Waals surface area contributed by atoms with Crippen molar-refractivity contribution in [2.24, 2.45) is 0 Å². The van der Waals surface area contributed by atoms with Crippen molar-refractivity contribution in [3.8, 4) is 0 Å². The third-order valence-electron chi connectivity index (χ3n) is 1.77. The van der Waals surface area contributed by atoms with Crippen molar-refractivity contribution in [2.75, 3.05) is 0 Å². The highest BCUT2D eigenvalue weighted by Crippen LogP contribution is 2.10. The quantitative estimate of drug-likeness (QED) is 0.551. The fourth-order valence-electron chi connectivity index (χ4n) is 0.826. The predicted octanol–water partition coefficient (Wildman–Crippen LogP) is 2.71. The highest BCUT2D eigenvalue weighted by atomic mass is 16.1.